The number of aromatic nitrogens is 5. The molecule has 0 N–H and O–H groups in total. The quantitative estimate of drug-likeness (QED) is 0.517. The number of fused-ring (bicyclic) bond motifs is 1. The predicted molar refractivity (Wildman–Crippen MR) is 114 cm³/mol. The summed E-state index contributed by atoms with van der Waals surface area (Å²) in [7, 11) is 0. The molecular formula is C23H17N7O. The summed E-state index contributed by atoms with van der Waals surface area (Å²) < 4.78 is 1.66. The lowest BCUT2D eigenvalue weighted by Gasteiger charge is -2.28. The molecule has 4 aromatic rings. The minimum absolute atomic E-state index is 0.259. The smallest absolute Gasteiger partial charge is 0.279 e. The van der Waals surface area contributed by atoms with Crippen molar-refractivity contribution in [1.82, 2.24) is 24.7 Å². The molecule has 4 heterocycles. The van der Waals surface area contributed by atoms with Gasteiger partial charge in [-0.05, 0) is 43.2 Å². The van der Waals surface area contributed by atoms with Crippen LogP contribution in [0.4, 0.5) is 5.82 Å². The molecule has 0 atom stereocenters. The van der Waals surface area contributed by atoms with Crippen LogP contribution in [0.15, 0.2) is 67.0 Å². The van der Waals surface area contributed by atoms with Crippen LogP contribution >= 0.6 is 0 Å². The van der Waals surface area contributed by atoms with Gasteiger partial charge in [-0.25, -0.2) is 14.6 Å². The van der Waals surface area contributed by atoms with Gasteiger partial charge in [-0.15, -0.1) is 0 Å². The second-order valence-electron chi connectivity index (χ2n) is 7.07. The van der Waals surface area contributed by atoms with Gasteiger partial charge in [0.25, 0.3) is 5.91 Å². The Morgan fingerprint density at radius 3 is 2.65 bits per heavy atom. The van der Waals surface area contributed by atoms with Gasteiger partial charge in [0.15, 0.2) is 11.5 Å². The zero-order valence-electron chi connectivity index (χ0n) is 16.5. The predicted octanol–water partition coefficient (Wildman–Crippen LogP) is 3.19. The summed E-state index contributed by atoms with van der Waals surface area (Å²) in [5.74, 6) is 0.522. The standard InChI is InChI=1S/C23H17N7O/c24-15-20-17-9-6-13-29(22(17)27-21(26-20)18-10-4-5-12-25-18)23(31)19-11-14-30(28-19)16-7-2-1-3-8-16/h1-5,7-8,10-12,14H,6,9,13H2. The average Bonchev–Trinajstić information content (AvgIpc) is 3.34. The highest BCUT2D eigenvalue weighted by atomic mass is 16.2. The second kappa shape index (κ2) is 7.80. The van der Waals surface area contributed by atoms with Crippen LogP contribution in [0.25, 0.3) is 17.2 Å². The first-order chi connectivity index (χ1) is 15.2. The highest BCUT2D eigenvalue weighted by molar-refractivity contribution is 6.05. The SMILES string of the molecule is N#Cc1nc(-c2ccccn2)nc2c1CCCN2C(=O)c1ccn(-c2ccccc2)n1. The maximum absolute atomic E-state index is 13.3. The number of hydrogen-bond donors (Lipinski definition) is 0. The number of rotatable bonds is 3. The third kappa shape index (κ3) is 3.42. The number of benzene rings is 1. The van der Waals surface area contributed by atoms with Gasteiger partial charge in [0.05, 0.1) is 5.69 Å². The molecule has 1 aromatic carbocycles. The van der Waals surface area contributed by atoms with Gasteiger partial charge in [-0.3, -0.25) is 14.7 Å². The molecule has 31 heavy (non-hydrogen) atoms. The fourth-order valence-corrected chi connectivity index (χ4v) is 3.65. The molecule has 0 bridgehead atoms. The van der Waals surface area contributed by atoms with Crippen molar-refractivity contribution in [2.24, 2.45) is 0 Å². The summed E-state index contributed by atoms with van der Waals surface area (Å²) in [5, 5.41) is 14.1. The third-order valence-corrected chi connectivity index (χ3v) is 5.12. The van der Waals surface area contributed by atoms with Crippen molar-refractivity contribution in [3.63, 3.8) is 0 Å². The molecule has 1 aliphatic heterocycles. The van der Waals surface area contributed by atoms with Crippen molar-refractivity contribution in [3.05, 3.63) is 83.9 Å². The largest absolute Gasteiger partial charge is 0.291 e. The topological polar surface area (TPSA) is 101 Å². The molecule has 1 aliphatic rings. The van der Waals surface area contributed by atoms with E-state index in [0.717, 1.165) is 12.1 Å². The number of nitriles is 1. The lowest BCUT2D eigenvalue weighted by Crippen LogP contribution is -2.37. The zero-order valence-corrected chi connectivity index (χ0v) is 16.5. The maximum Gasteiger partial charge on any atom is 0.279 e. The summed E-state index contributed by atoms with van der Waals surface area (Å²) >= 11 is 0. The normalized spacial score (nSPS) is 12.8. The van der Waals surface area contributed by atoms with Crippen LogP contribution in [0.3, 0.4) is 0 Å². The number of anilines is 1. The monoisotopic (exact) mass is 407 g/mol. The highest BCUT2D eigenvalue weighted by Crippen LogP contribution is 2.30. The Balaban J connectivity index is 1.55. The molecule has 0 radical (unpaired) electrons. The molecule has 0 spiro atoms. The Bertz CT molecular complexity index is 1290. The number of amides is 1. The molecule has 0 aliphatic carbocycles. The molecule has 0 saturated carbocycles. The van der Waals surface area contributed by atoms with Gasteiger partial charge in [0, 0.05) is 24.5 Å². The van der Waals surface area contributed by atoms with Crippen molar-refractivity contribution in [2.45, 2.75) is 12.8 Å². The number of pyridine rings is 1. The van der Waals surface area contributed by atoms with Crippen molar-refractivity contribution in [2.75, 3.05) is 11.4 Å². The summed E-state index contributed by atoms with van der Waals surface area (Å²) in [6.07, 6.45) is 4.76. The summed E-state index contributed by atoms with van der Waals surface area (Å²) in [4.78, 5) is 28.2. The van der Waals surface area contributed by atoms with Crippen LogP contribution in [0, 0.1) is 11.3 Å². The first-order valence-corrected chi connectivity index (χ1v) is 9.90. The number of carbonyl (C=O) groups excluding carboxylic acids is 1. The van der Waals surface area contributed by atoms with Gasteiger partial charge in [0.2, 0.25) is 0 Å². The van der Waals surface area contributed by atoms with E-state index in [4.69, 9.17) is 0 Å². The Morgan fingerprint density at radius 2 is 1.87 bits per heavy atom. The lowest BCUT2D eigenvalue weighted by molar-refractivity contribution is 0.0979. The van der Waals surface area contributed by atoms with E-state index in [1.807, 2.05) is 36.4 Å². The fraction of sp³-hybridized carbons (Fsp3) is 0.130. The third-order valence-electron chi connectivity index (χ3n) is 5.12. The van der Waals surface area contributed by atoms with Crippen LogP contribution in [0.5, 0.6) is 0 Å². The molecule has 0 unspecified atom stereocenters. The highest BCUT2D eigenvalue weighted by Gasteiger charge is 2.30. The first kappa shape index (κ1) is 18.6. The Morgan fingerprint density at radius 1 is 1.03 bits per heavy atom. The molecule has 3 aromatic heterocycles. The van der Waals surface area contributed by atoms with Crippen LogP contribution in [0.2, 0.25) is 0 Å². The van der Waals surface area contributed by atoms with Crippen LogP contribution in [0.1, 0.15) is 28.2 Å². The molecule has 150 valence electrons. The van der Waals surface area contributed by atoms with Crippen molar-refractivity contribution in [1.29, 1.82) is 5.26 Å². The van der Waals surface area contributed by atoms with Crippen LogP contribution in [-0.2, 0) is 6.42 Å². The molecule has 5 rings (SSSR count). The molecule has 0 fully saturated rings. The van der Waals surface area contributed by atoms with E-state index < -0.39 is 0 Å². The number of carbonyl (C=O) groups is 1. The maximum atomic E-state index is 13.3. The van der Waals surface area contributed by atoms with E-state index in [1.165, 1.54) is 0 Å². The van der Waals surface area contributed by atoms with E-state index in [9.17, 15) is 10.1 Å². The fourth-order valence-electron chi connectivity index (χ4n) is 3.65. The van der Waals surface area contributed by atoms with Crippen LogP contribution < -0.4 is 4.90 Å². The lowest BCUT2D eigenvalue weighted by atomic mass is 10.0. The van der Waals surface area contributed by atoms with E-state index in [0.29, 0.717) is 41.6 Å². The van der Waals surface area contributed by atoms with E-state index in [2.05, 4.69) is 26.1 Å². The number of para-hydroxylation sites is 1. The van der Waals surface area contributed by atoms with E-state index >= 15 is 0 Å². The summed E-state index contributed by atoms with van der Waals surface area (Å²) in [6, 6.07) is 18.8. The number of hydrogen-bond acceptors (Lipinski definition) is 6. The Labute approximate surface area is 178 Å². The zero-order chi connectivity index (χ0) is 21.2. The van der Waals surface area contributed by atoms with Gasteiger partial charge >= 0.3 is 0 Å². The number of nitrogens with zero attached hydrogens (tertiary/aromatic N) is 7. The van der Waals surface area contributed by atoms with Crippen molar-refractivity contribution < 1.29 is 4.79 Å². The van der Waals surface area contributed by atoms with Crippen LogP contribution in [-0.4, -0.2) is 37.2 Å². The minimum atomic E-state index is -0.259. The Kier molecular flexibility index (Phi) is 4.69. The summed E-state index contributed by atoms with van der Waals surface area (Å²) in [6.45, 7) is 0.494. The van der Waals surface area contributed by atoms with Crippen molar-refractivity contribution >= 4 is 11.7 Å². The van der Waals surface area contributed by atoms with E-state index in [1.54, 1.807) is 40.2 Å². The van der Waals surface area contributed by atoms with Gasteiger partial charge in [-0.1, -0.05) is 24.3 Å². The molecule has 1 amide bonds. The molecule has 0 saturated heterocycles. The van der Waals surface area contributed by atoms with E-state index in [-0.39, 0.29) is 11.6 Å². The van der Waals surface area contributed by atoms with Gasteiger partial charge in [-0.2, -0.15) is 10.4 Å². The Hall–Kier alpha value is -4.38. The summed E-state index contributed by atoms with van der Waals surface area (Å²) in [5.41, 5.74) is 2.69. The second-order valence-corrected chi connectivity index (χ2v) is 7.07. The average molecular weight is 407 g/mol. The first-order valence-electron chi connectivity index (χ1n) is 9.90. The molecule has 8 heteroatoms. The van der Waals surface area contributed by atoms with Gasteiger partial charge < -0.3 is 0 Å². The van der Waals surface area contributed by atoms with Gasteiger partial charge in [0.1, 0.15) is 23.3 Å². The molecular weight excluding hydrogens is 390 g/mol. The van der Waals surface area contributed by atoms with Crippen molar-refractivity contribution in [3.8, 4) is 23.3 Å². The molecule has 8 nitrogen and oxygen atoms in total. The minimum Gasteiger partial charge on any atom is -0.291 e.